The minimum Gasteiger partial charge on any atom is -0.345 e. The summed E-state index contributed by atoms with van der Waals surface area (Å²) in [5.41, 5.74) is 6.02. The van der Waals surface area contributed by atoms with Gasteiger partial charge in [0.2, 0.25) is 0 Å². The SMILES string of the molecule is Fc1ccc(C2C/C(=C\c3cnc[nH]3)c3ccccc32)cc1. The van der Waals surface area contributed by atoms with E-state index in [0.29, 0.717) is 0 Å². The Kier molecular flexibility index (Phi) is 3.11. The Labute approximate surface area is 128 Å². The molecule has 4 rings (SSSR count). The second kappa shape index (κ2) is 5.26. The topological polar surface area (TPSA) is 28.7 Å². The van der Waals surface area contributed by atoms with Crippen molar-refractivity contribution in [2.75, 3.05) is 0 Å². The van der Waals surface area contributed by atoms with Crippen molar-refractivity contribution in [1.82, 2.24) is 9.97 Å². The predicted molar refractivity (Wildman–Crippen MR) is 85.8 cm³/mol. The van der Waals surface area contributed by atoms with E-state index in [4.69, 9.17) is 0 Å². The molecule has 1 heterocycles. The van der Waals surface area contributed by atoms with Gasteiger partial charge in [-0.1, -0.05) is 36.4 Å². The zero-order chi connectivity index (χ0) is 14.9. The van der Waals surface area contributed by atoms with E-state index in [1.807, 2.05) is 18.3 Å². The van der Waals surface area contributed by atoms with Gasteiger partial charge in [-0.25, -0.2) is 9.37 Å². The number of nitrogens with one attached hydrogen (secondary N) is 1. The molecule has 0 amide bonds. The number of benzene rings is 2. The van der Waals surface area contributed by atoms with Gasteiger partial charge in [-0.3, -0.25) is 0 Å². The fraction of sp³-hybridized carbons (Fsp3) is 0.105. The summed E-state index contributed by atoms with van der Waals surface area (Å²) in [7, 11) is 0. The molecular weight excluding hydrogens is 275 g/mol. The van der Waals surface area contributed by atoms with Gasteiger partial charge >= 0.3 is 0 Å². The minimum absolute atomic E-state index is 0.191. The van der Waals surface area contributed by atoms with Gasteiger partial charge in [0.15, 0.2) is 0 Å². The number of hydrogen-bond donors (Lipinski definition) is 1. The van der Waals surface area contributed by atoms with Gasteiger partial charge in [-0.2, -0.15) is 0 Å². The van der Waals surface area contributed by atoms with E-state index < -0.39 is 0 Å². The van der Waals surface area contributed by atoms with Crippen molar-refractivity contribution in [2.24, 2.45) is 0 Å². The zero-order valence-electron chi connectivity index (χ0n) is 12.0. The molecule has 1 aliphatic rings. The van der Waals surface area contributed by atoms with Crippen LogP contribution in [0.15, 0.2) is 61.1 Å². The van der Waals surface area contributed by atoms with Crippen LogP contribution >= 0.6 is 0 Å². The molecule has 3 heteroatoms. The summed E-state index contributed by atoms with van der Waals surface area (Å²) in [5, 5.41) is 0. The fourth-order valence-corrected chi connectivity index (χ4v) is 3.20. The monoisotopic (exact) mass is 290 g/mol. The number of hydrogen-bond acceptors (Lipinski definition) is 1. The Hall–Kier alpha value is -2.68. The van der Waals surface area contributed by atoms with Crippen LogP contribution in [0.4, 0.5) is 4.39 Å². The van der Waals surface area contributed by atoms with Gasteiger partial charge in [0.25, 0.3) is 0 Å². The maximum absolute atomic E-state index is 13.2. The lowest BCUT2D eigenvalue weighted by molar-refractivity contribution is 0.626. The van der Waals surface area contributed by atoms with Crippen LogP contribution in [0.3, 0.4) is 0 Å². The predicted octanol–water partition coefficient (Wildman–Crippen LogP) is 4.63. The first-order valence-electron chi connectivity index (χ1n) is 7.35. The summed E-state index contributed by atoms with van der Waals surface area (Å²) in [6.45, 7) is 0. The maximum atomic E-state index is 13.2. The Morgan fingerprint density at radius 2 is 1.91 bits per heavy atom. The highest BCUT2D eigenvalue weighted by molar-refractivity contribution is 5.86. The van der Waals surface area contributed by atoms with E-state index in [0.717, 1.165) is 17.7 Å². The normalized spacial score (nSPS) is 18.6. The third kappa shape index (κ3) is 2.25. The van der Waals surface area contributed by atoms with E-state index >= 15 is 0 Å². The molecule has 0 radical (unpaired) electrons. The van der Waals surface area contributed by atoms with Crippen molar-refractivity contribution < 1.29 is 4.39 Å². The molecule has 1 atom stereocenters. The molecule has 22 heavy (non-hydrogen) atoms. The number of aromatic nitrogens is 2. The molecule has 0 bridgehead atoms. The average molecular weight is 290 g/mol. The molecule has 2 nitrogen and oxygen atoms in total. The van der Waals surface area contributed by atoms with E-state index in [1.54, 1.807) is 6.33 Å². The van der Waals surface area contributed by atoms with E-state index in [9.17, 15) is 4.39 Å². The lowest BCUT2D eigenvalue weighted by Gasteiger charge is -2.11. The number of fused-ring (bicyclic) bond motifs is 1. The van der Waals surface area contributed by atoms with Gasteiger partial charge in [0.1, 0.15) is 5.82 Å². The Morgan fingerprint density at radius 1 is 1.09 bits per heavy atom. The highest BCUT2D eigenvalue weighted by Crippen LogP contribution is 2.45. The number of nitrogens with zero attached hydrogens (tertiary/aromatic N) is 1. The average Bonchev–Trinajstić information content (AvgIpc) is 3.17. The molecule has 1 aromatic heterocycles. The minimum atomic E-state index is -0.191. The first kappa shape index (κ1) is 13.0. The highest BCUT2D eigenvalue weighted by atomic mass is 19.1. The van der Waals surface area contributed by atoms with Crippen LogP contribution in [0.1, 0.15) is 34.7 Å². The number of aromatic amines is 1. The Balaban J connectivity index is 1.78. The molecule has 1 N–H and O–H groups in total. The number of allylic oxidation sites excluding steroid dienone is 1. The van der Waals surface area contributed by atoms with Gasteiger partial charge in [0, 0.05) is 5.92 Å². The van der Waals surface area contributed by atoms with E-state index in [1.165, 1.54) is 28.8 Å². The van der Waals surface area contributed by atoms with Gasteiger partial charge in [-0.15, -0.1) is 0 Å². The maximum Gasteiger partial charge on any atom is 0.123 e. The molecule has 1 unspecified atom stereocenters. The zero-order valence-corrected chi connectivity index (χ0v) is 12.0. The van der Waals surface area contributed by atoms with Crippen molar-refractivity contribution in [3.63, 3.8) is 0 Å². The van der Waals surface area contributed by atoms with Gasteiger partial charge < -0.3 is 4.98 Å². The van der Waals surface area contributed by atoms with Crippen LogP contribution < -0.4 is 0 Å². The van der Waals surface area contributed by atoms with Crippen LogP contribution in [0.25, 0.3) is 11.6 Å². The van der Waals surface area contributed by atoms with Crippen LogP contribution in [-0.4, -0.2) is 9.97 Å². The Bertz CT molecular complexity index is 817. The van der Waals surface area contributed by atoms with Crippen LogP contribution in [0.5, 0.6) is 0 Å². The summed E-state index contributed by atoms with van der Waals surface area (Å²) < 4.78 is 13.2. The molecule has 0 spiro atoms. The quantitative estimate of drug-likeness (QED) is 0.732. The largest absolute Gasteiger partial charge is 0.345 e. The smallest absolute Gasteiger partial charge is 0.123 e. The number of rotatable bonds is 2. The van der Waals surface area contributed by atoms with Crippen LogP contribution in [0.2, 0.25) is 0 Å². The number of imidazole rings is 1. The number of halogens is 1. The first-order valence-corrected chi connectivity index (χ1v) is 7.35. The molecule has 1 aliphatic carbocycles. The molecule has 0 saturated carbocycles. The summed E-state index contributed by atoms with van der Waals surface area (Å²) in [6.07, 6.45) is 6.57. The number of H-pyrrole nitrogens is 1. The molecular formula is C19H15FN2. The van der Waals surface area contributed by atoms with Crippen LogP contribution in [-0.2, 0) is 0 Å². The van der Waals surface area contributed by atoms with E-state index in [-0.39, 0.29) is 11.7 Å². The lowest BCUT2D eigenvalue weighted by atomic mass is 9.93. The second-order valence-corrected chi connectivity index (χ2v) is 5.57. The summed E-state index contributed by atoms with van der Waals surface area (Å²) in [5.74, 6) is 0.0919. The first-order chi connectivity index (χ1) is 10.8. The van der Waals surface area contributed by atoms with Gasteiger partial charge in [-0.05, 0) is 46.9 Å². The van der Waals surface area contributed by atoms with Crippen LogP contribution in [0, 0.1) is 5.82 Å². The van der Waals surface area contributed by atoms with Crippen molar-refractivity contribution in [2.45, 2.75) is 12.3 Å². The third-order valence-electron chi connectivity index (χ3n) is 4.23. The summed E-state index contributed by atoms with van der Waals surface area (Å²) in [4.78, 5) is 7.19. The van der Waals surface area contributed by atoms with Crippen molar-refractivity contribution in [3.8, 4) is 0 Å². The molecule has 0 saturated heterocycles. The van der Waals surface area contributed by atoms with Crippen molar-refractivity contribution in [3.05, 3.63) is 89.3 Å². The van der Waals surface area contributed by atoms with Crippen molar-refractivity contribution in [1.29, 1.82) is 0 Å². The summed E-state index contributed by atoms with van der Waals surface area (Å²) in [6, 6.07) is 15.3. The summed E-state index contributed by atoms with van der Waals surface area (Å²) >= 11 is 0. The fourth-order valence-electron chi connectivity index (χ4n) is 3.20. The van der Waals surface area contributed by atoms with Gasteiger partial charge in [0.05, 0.1) is 18.2 Å². The lowest BCUT2D eigenvalue weighted by Crippen LogP contribution is -1.95. The molecule has 0 fully saturated rings. The van der Waals surface area contributed by atoms with Crippen molar-refractivity contribution >= 4 is 11.6 Å². The standard InChI is InChI=1S/C19H15FN2/c20-15-7-5-13(6-8-15)19-10-14(9-16-11-21-12-22-16)17-3-1-2-4-18(17)19/h1-9,11-12,19H,10H2,(H,21,22)/b14-9+. The Morgan fingerprint density at radius 3 is 2.68 bits per heavy atom. The molecule has 0 aliphatic heterocycles. The molecule has 2 aromatic carbocycles. The molecule has 3 aromatic rings. The van der Waals surface area contributed by atoms with E-state index in [2.05, 4.69) is 40.3 Å². The highest BCUT2D eigenvalue weighted by Gasteiger charge is 2.27. The second-order valence-electron chi connectivity index (χ2n) is 5.57. The molecule has 108 valence electrons. The third-order valence-corrected chi connectivity index (χ3v) is 4.23.